The maximum Gasteiger partial charge on any atom is 0.0753 e. The summed E-state index contributed by atoms with van der Waals surface area (Å²) in [5, 5.41) is 5.89. The molecule has 3 nitrogen and oxygen atoms in total. The van der Waals surface area contributed by atoms with E-state index < -0.39 is 0 Å². The van der Waals surface area contributed by atoms with Gasteiger partial charge in [-0.3, -0.25) is 9.97 Å². The maximum atomic E-state index is 4.37. The Morgan fingerprint density at radius 1 is 1.44 bits per heavy atom. The van der Waals surface area contributed by atoms with Crippen molar-refractivity contribution in [3.63, 3.8) is 0 Å². The van der Waals surface area contributed by atoms with Gasteiger partial charge in [0.05, 0.1) is 5.69 Å². The number of rotatable bonds is 3. The molecule has 0 saturated carbocycles. The number of nitrogens with one attached hydrogen (secondary N) is 1. The molecule has 0 saturated heterocycles. The van der Waals surface area contributed by atoms with Crippen LogP contribution in [-0.2, 0) is 6.42 Å². The fourth-order valence-electron chi connectivity index (χ4n) is 2.58. The summed E-state index contributed by atoms with van der Waals surface area (Å²) in [5.74, 6) is 0. The van der Waals surface area contributed by atoms with Crippen molar-refractivity contribution >= 4 is 11.3 Å². The number of aryl methyl sites for hydroxylation is 1. The molecule has 0 bridgehead atoms. The van der Waals surface area contributed by atoms with Crippen LogP contribution < -0.4 is 5.32 Å². The molecule has 2 unspecified atom stereocenters. The lowest BCUT2D eigenvalue weighted by Crippen LogP contribution is -2.27. The third kappa shape index (κ3) is 2.31. The van der Waals surface area contributed by atoms with Crippen molar-refractivity contribution < 1.29 is 0 Å². The number of nitrogens with zero attached hydrogens (tertiary/aromatic N) is 2. The highest BCUT2D eigenvalue weighted by Crippen LogP contribution is 2.34. The standard InChI is InChI=1S/C14H17N3S/c1-10(13-9-15-6-7-16-13)17-12-3-2-4-14-11(12)5-8-18-14/h5-10,12,17H,2-4H2,1H3. The largest absolute Gasteiger partial charge is 0.302 e. The van der Waals surface area contributed by atoms with E-state index in [1.54, 1.807) is 17.3 Å². The molecule has 2 aromatic rings. The molecule has 0 aromatic carbocycles. The molecule has 1 aliphatic carbocycles. The predicted molar refractivity (Wildman–Crippen MR) is 73.6 cm³/mol. The van der Waals surface area contributed by atoms with Crippen LogP contribution in [0.1, 0.15) is 48.0 Å². The topological polar surface area (TPSA) is 37.8 Å². The summed E-state index contributed by atoms with van der Waals surface area (Å²) in [7, 11) is 0. The molecule has 2 heterocycles. The van der Waals surface area contributed by atoms with Crippen LogP contribution in [-0.4, -0.2) is 9.97 Å². The number of fused-ring (bicyclic) bond motifs is 1. The molecule has 2 aromatic heterocycles. The van der Waals surface area contributed by atoms with Crippen LogP contribution >= 0.6 is 11.3 Å². The van der Waals surface area contributed by atoms with Gasteiger partial charge in [0.2, 0.25) is 0 Å². The zero-order valence-corrected chi connectivity index (χ0v) is 11.3. The van der Waals surface area contributed by atoms with Gasteiger partial charge in [0.15, 0.2) is 0 Å². The van der Waals surface area contributed by atoms with Crippen LogP contribution in [0, 0.1) is 0 Å². The van der Waals surface area contributed by atoms with Gasteiger partial charge in [-0.05, 0) is 43.2 Å². The van der Waals surface area contributed by atoms with Crippen LogP contribution in [0.15, 0.2) is 30.0 Å². The van der Waals surface area contributed by atoms with E-state index in [-0.39, 0.29) is 6.04 Å². The van der Waals surface area contributed by atoms with Crippen LogP contribution in [0.2, 0.25) is 0 Å². The van der Waals surface area contributed by atoms with Gasteiger partial charge < -0.3 is 5.32 Å². The molecule has 0 amide bonds. The Morgan fingerprint density at radius 3 is 3.22 bits per heavy atom. The number of aromatic nitrogens is 2. The monoisotopic (exact) mass is 259 g/mol. The number of thiophene rings is 1. The van der Waals surface area contributed by atoms with E-state index in [0.717, 1.165) is 5.69 Å². The summed E-state index contributed by atoms with van der Waals surface area (Å²) >= 11 is 1.88. The number of hydrogen-bond acceptors (Lipinski definition) is 4. The Bertz CT molecular complexity index is 509. The Morgan fingerprint density at radius 2 is 2.39 bits per heavy atom. The Kier molecular flexibility index (Phi) is 3.39. The first-order valence-electron chi connectivity index (χ1n) is 6.43. The summed E-state index contributed by atoms with van der Waals surface area (Å²) < 4.78 is 0. The van der Waals surface area contributed by atoms with E-state index in [1.165, 1.54) is 24.8 Å². The van der Waals surface area contributed by atoms with Crippen LogP contribution in [0.5, 0.6) is 0 Å². The molecule has 94 valence electrons. The lowest BCUT2D eigenvalue weighted by molar-refractivity contribution is 0.413. The summed E-state index contributed by atoms with van der Waals surface area (Å²) in [6.45, 7) is 2.16. The van der Waals surface area contributed by atoms with Crippen molar-refractivity contribution in [2.24, 2.45) is 0 Å². The van der Waals surface area contributed by atoms with Crippen molar-refractivity contribution in [1.82, 2.24) is 15.3 Å². The van der Waals surface area contributed by atoms with E-state index in [9.17, 15) is 0 Å². The van der Waals surface area contributed by atoms with Gasteiger partial charge in [0.1, 0.15) is 0 Å². The highest BCUT2D eigenvalue weighted by atomic mass is 32.1. The summed E-state index contributed by atoms with van der Waals surface area (Å²) in [6.07, 6.45) is 9.05. The van der Waals surface area contributed by atoms with Crippen molar-refractivity contribution in [1.29, 1.82) is 0 Å². The SMILES string of the molecule is CC(NC1CCCc2sccc21)c1cnccn1. The van der Waals surface area contributed by atoms with Crippen molar-refractivity contribution in [3.05, 3.63) is 46.2 Å². The second kappa shape index (κ2) is 5.16. The van der Waals surface area contributed by atoms with Crippen LogP contribution in [0.4, 0.5) is 0 Å². The van der Waals surface area contributed by atoms with Gasteiger partial charge in [-0.2, -0.15) is 0 Å². The Hall–Kier alpha value is -1.26. The fraction of sp³-hybridized carbons (Fsp3) is 0.429. The highest BCUT2D eigenvalue weighted by Gasteiger charge is 2.23. The Labute approximate surface area is 111 Å². The quantitative estimate of drug-likeness (QED) is 0.919. The van der Waals surface area contributed by atoms with Crippen LogP contribution in [0.3, 0.4) is 0 Å². The second-order valence-electron chi connectivity index (χ2n) is 4.76. The lowest BCUT2D eigenvalue weighted by Gasteiger charge is -2.26. The molecule has 2 atom stereocenters. The first-order chi connectivity index (χ1) is 8.84. The van der Waals surface area contributed by atoms with Gasteiger partial charge >= 0.3 is 0 Å². The maximum absolute atomic E-state index is 4.37. The normalized spacial score (nSPS) is 20.4. The lowest BCUT2D eigenvalue weighted by atomic mass is 9.93. The average molecular weight is 259 g/mol. The third-order valence-electron chi connectivity index (χ3n) is 3.53. The molecule has 4 heteroatoms. The fourth-order valence-corrected chi connectivity index (χ4v) is 3.57. The van der Waals surface area contributed by atoms with E-state index >= 15 is 0 Å². The smallest absolute Gasteiger partial charge is 0.0753 e. The molecule has 0 aliphatic heterocycles. The van der Waals surface area contributed by atoms with Gasteiger partial charge in [0.25, 0.3) is 0 Å². The minimum Gasteiger partial charge on any atom is -0.302 e. The van der Waals surface area contributed by atoms with E-state index in [0.29, 0.717) is 6.04 Å². The molecule has 0 radical (unpaired) electrons. The van der Waals surface area contributed by atoms with Crippen LogP contribution in [0.25, 0.3) is 0 Å². The van der Waals surface area contributed by atoms with E-state index in [1.807, 2.05) is 17.5 Å². The molecular formula is C14H17N3S. The summed E-state index contributed by atoms with van der Waals surface area (Å²) in [5.41, 5.74) is 2.50. The van der Waals surface area contributed by atoms with Gasteiger partial charge in [-0.1, -0.05) is 0 Å². The van der Waals surface area contributed by atoms with Crippen molar-refractivity contribution in [2.75, 3.05) is 0 Å². The van der Waals surface area contributed by atoms with Crippen molar-refractivity contribution in [3.8, 4) is 0 Å². The zero-order chi connectivity index (χ0) is 12.4. The summed E-state index contributed by atoms with van der Waals surface area (Å²) in [4.78, 5) is 10.0. The van der Waals surface area contributed by atoms with Gasteiger partial charge in [-0.25, -0.2) is 0 Å². The molecule has 1 aliphatic rings. The second-order valence-corrected chi connectivity index (χ2v) is 5.76. The van der Waals surface area contributed by atoms with Gasteiger partial charge in [-0.15, -0.1) is 11.3 Å². The summed E-state index contributed by atoms with van der Waals surface area (Å²) in [6, 6.07) is 2.98. The Balaban J connectivity index is 1.75. The minimum absolute atomic E-state index is 0.245. The zero-order valence-electron chi connectivity index (χ0n) is 10.5. The molecule has 0 fully saturated rings. The first-order valence-corrected chi connectivity index (χ1v) is 7.31. The predicted octanol–water partition coefficient (Wildman–Crippen LogP) is 3.27. The molecule has 3 rings (SSSR count). The molecule has 1 N–H and O–H groups in total. The molecular weight excluding hydrogens is 242 g/mol. The number of hydrogen-bond donors (Lipinski definition) is 1. The van der Waals surface area contributed by atoms with E-state index in [4.69, 9.17) is 0 Å². The average Bonchev–Trinajstić information content (AvgIpc) is 2.89. The third-order valence-corrected chi connectivity index (χ3v) is 4.53. The first kappa shape index (κ1) is 11.8. The van der Waals surface area contributed by atoms with Crippen molar-refractivity contribution in [2.45, 2.75) is 38.3 Å². The molecule has 18 heavy (non-hydrogen) atoms. The molecule has 0 spiro atoms. The van der Waals surface area contributed by atoms with Gasteiger partial charge in [0, 0.05) is 35.6 Å². The minimum atomic E-state index is 0.245. The highest BCUT2D eigenvalue weighted by molar-refractivity contribution is 7.10. The van der Waals surface area contributed by atoms with E-state index in [2.05, 4.69) is 33.7 Å².